The minimum Gasteiger partial charge on any atom is -0.312 e. The van der Waals surface area contributed by atoms with Crippen LogP contribution in [0.15, 0.2) is 24.3 Å². The maximum Gasteiger partial charge on any atom is 0.263 e. The number of nitrogens with one attached hydrogen (secondary N) is 1. The van der Waals surface area contributed by atoms with Crippen LogP contribution < -0.4 is 5.32 Å². The number of rotatable bonds is 3. The number of likely N-dealkylation sites (tertiary alicyclic amines) is 1. The lowest BCUT2D eigenvalue weighted by molar-refractivity contribution is 0.151. The molecule has 2 nitrogen and oxygen atoms in total. The fraction of sp³-hybridized carbons (Fsp3) is 0.600. The summed E-state index contributed by atoms with van der Waals surface area (Å²) in [5.41, 5.74) is 1.13. The summed E-state index contributed by atoms with van der Waals surface area (Å²) in [5, 5.41) is 3.56. The Balaban J connectivity index is 1.64. The van der Waals surface area contributed by atoms with E-state index in [1.807, 2.05) is 6.07 Å². The lowest BCUT2D eigenvalue weighted by Crippen LogP contribution is -2.40. The molecule has 2 atom stereocenters. The molecule has 2 aliphatic heterocycles. The molecule has 2 aliphatic rings. The molecule has 2 unspecified atom stereocenters. The van der Waals surface area contributed by atoms with Crippen molar-refractivity contribution >= 4 is 0 Å². The van der Waals surface area contributed by atoms with E-state index >= 15 is 0 Å². The molecule has 3 rings (SSSR count). The molecule has 1 N–H and O–H groups in total. The summed E-state index contributed by atoms with van der Waals surface area (Å²) in [7, 11) is 0. The Morgan fingerprint density at radius 1 is 1.32 bits per heavy atom. The summed E-state index contributed by atoms with van der Waals surface area (Å²) in [6.07, 6.45) is 0.184. The Kier molecular flexibility index (Phi) is 3.80. The van der Waals surface area contributed by atoms with Crippen LogP contribution in [-0.2, 0) is 6.54 Å². The minimum atomic E-state index is -2.37. The van der Waals surface area contributed by atoms with E-state index in [-0.39, 0.29) is 5.56 Å². The molecule has 0 spiro atoms. The highest BCUT2D eigenvalue weighted by Gasteiger charge is 2.33. The number of halogens is 2. The van der Waals surface area contributed by atoms with Crippen LogP contribution in [0.2, 0.25) is 0 Å². The third kappa shape index (κ3) is 2.95. The van der Waals surface area contributed by atoms with Gasteiger partial charge in [0.05, 0.1) is 0 Å². The van der Waals surface area contributed by atoms with Crippen molar-refractivity contribution in [2.45, 2.75) is 31.9 Å². The van der Waals surface area contributed by atoms with E-state index in [1.54, 1.807) is 12.1 Å². The van der Waals surface area contributed by atoms with Gasteiger partial charge in [0.1, 0.15) is 0 Å². The first kappa shape index (κ1) is 13.0. The maximum atomic E-state index is 12.7. The Labute approximate surface area is 112 Å². The second kappa shape index (κ2) is 5.55. The van der Waals surface area contributed by atoms with Crippen LogP contribution in [0.5, 0.6) is 0 Å². The fourth-order valence-corrected chi connectivity index (χ4v) is 3.35. The minimum absolute atomic E-state index is 0.132. The zero-order valence-corrected chi connectivity index (χ0v) is 11.0. The first-order valence-corrected chi connectivity index (χ1v) is 7.05. The highest BCUT2D eigenvalue weighted by molar-refractivity contribution is 5.24. The molecule has 2 heterocycles. The van der Waals surface area contributed by atoms with Gasteiger partial charge in [0.2, 0.25) is 0 Å². The number of hydrogen-bond acceptors (Lipinski definition) is 2. The Hall–Kier alpha value is -1.00. The van der Waals surface area contributed by atoms with Crippen molar-refractivity contribution < 1.29 is 8.78 Å². The van der Waals surface area contributed by atoms with Crippen LogP contribution in [-0.4, -0.2) is 30.6 Å². The summed E-state index contributed by atoms with van der Waals surface area (Å²) in [4.78, 5) is 2.39. The molecule has 0 aliphatic carbocycles. The van der Waals surface area contributed by atoms with Crippen molar-refractivity contribution in [2.75, 3.05) is 19.6 Å². The molecule has 2 saturated heterocycles. The lowest BCUT2D eigenvalue weighted by atomic mass is 9.94. The van der Waals surface area contributed by atoms with E-state index < -0.39 is 6.43 Å². The predicted octanol–water partition coefficient (Wildman–Crippen LogP) is 2.81. The second-order valence-electron chi connectivity index (χ2n) is 5.70. The standard InChI is InChI=1S/C15H20F2N2/c16-15(17)12-4-1-3-11(7-12)8-19-9-13-5-2-6-18-14(13)10-19/h1,3-4,7,13-15,18H,2,5-6,8-10H2. The van der Waals surface area contributed by atoms with E-state index in [2.05, 4.69) is 10.2 Å². The van der Waals surface area contributed by atoms with E-state index in [9.17, 15) is 8.78 Å². The molecular weight excluding hydrogens is 246 g/mol. The lowest BCUT2D eigenvalue weighted by Gasteiger charge is -2.24. The average Bonchev–Trinajstić information content (AvgIpc) is 2.81. The van der Waals surface area contributed by atoms with Gasteiger partial charge in [-0.15, -0.1) is 0 Å². The molecule has 0 amide bonds. The molecule has 2 fully saturated rings. The summed E-state index contributed by atoms with van der Waals surface area (Å²) >= 11 is 0. The van der Waals surface area contributed by atoms with Gasteiger partial charge in [0.25, 0.3) is 6.43 Å². The summed E-state index contributed by atoms with van der Waals surface area (Å²) in [6.45, 7) is 4.05. The van der Waals surface area contributed by atoms with Crippen molar-refractivity contribution in [1.82, 2.24) is 10.2 Å². The van der Waals surface area contributed by atoms with Crippen LogP contribution in [0, 0.1) is 5.92 Å². The van der Waals surface area contributed by atoms with Gasteiger partial charge < -0.3 is 5.32 Å². The van der Waals surface area contributed by atoms with Gasteiger partial charge in [0.15, 0.2) is 0 Å². The van der Waals surface area contributed by atoms with Gasteiger partial charge in [-0.05, 0) is 36.9 Å². The Morgan fingerprint density at radius 3 is 3.00 bits per heavy atom. The van der Waals surface area contributed by atoms with Gasteiger partial charge in [-0.3, -0.25) is 4.90 Å². The SMILES string of the molecule is FC(F)c1cccc(CN2CC3CCCNC3C2)c1. The van der Waals surface area contributed by atoms with Gasteiger partial charge >= 0.3 is 0 Å². The number of fused-ring (bicyclic) bond motifs is 1. The van der Waals surface area contributed by atoms with Crippen LogP contribution in [0.4, 0.5) is 8.78 Å². The van der Waals surface area contributed by atoms with Crippen molar-refractivity contribution in [3.05, 3.63) is 35.4 Å². The first-order chi connectivity index (χ1) is 9.22. The van der Waals surface area contributed by atoms with Gasteiger partial charge in [0, 0.05) is 31.2 Å². The van der Waals surface area contributed by atoms with Crippen molar-refractivity contribution in [3.63, 3.8) is 0 Å². The zero-order chi connectivity index (χ0) is 13.2. The average molecular weight is 266 g/mol. The monoisotopic (exact) mass is 266 g/mol. The number of alkyl halides is 2. The normalized spacial score (nSPS) is 27.7. The number of benzene rings is 1. The molecule has 0 saturated carbocycles. The van der Waals surface area contributed by atoms with Gasteiger partial charge in [-0.2, -0.15) is 0 Å². The molecule has 0 radical (unpaired) electrons. The zero-order valence-electron chi connectivity index (χ0n) is 11.0. The molecule has 19 heavy (non-hydrogen) atoms. The van der Waals surface area contributed by atoms with Crippen LogP contribution >= 0.6 is 0 Å². The van der Waals surface area contributed by atoms with Crippen LogP contribution in [0.1, 0.15) is 30.4 Å². The summed E-state index contributed by atoms with van der Waals surface area (Å²) in [5.74, 6) is 0.743. The first-order valence-electron chi connectivity index (χ1n) is 7.05. The van der Waals surface area contributed by atoms with E-state index in [0.717, 1.165) is 37.7 Å². The van der Waals surface area contributed by atoms with Crippen LogP contribution in [0.3, 0.4) is 0 Å². The van der Waals surface area contributed by atoms with Crippen molar-refractivity contribution in [1.29, 1.82) is 0 Å². The predicted molar refractivity (Wildman–Crippen MR) is 71.2 cm³/mol. The molecule has 0 bridgehead atoms. The smallest absolute Gasteiger partial charge is 0.263 e. The Morgan fingerprint density at radius 2 is 2.21 bits per heavy atom. The number of piperidine rings is 1. The quantitative estimate of drug-likeness (QED) is 0.905. The van der Waals surface area contributed by atoms with E-state index in [4.69, 9.17) is 0 Å². The summed E-state index contributed by atoms with van der Waals surface area (Å²) < 4.78 is 25.4. The fourth-order valence-electron chi connectivity index (χ4n) is 3.35. The van der Waals surface area contributed by atoms with Gasteiger partial charge in [-0.25, -0.2) is 8.78 Å². The highest BCUT2D eigenvalue weighted by atomic mass is 19.3. The molecule has 104 valence electrons. The van der Waals surface area contributed by atoms with Crippen molar-refractivity contribution in [3.8, 4) is 0 Å². The third-order valence-corrected chi connectivity index (χ3v) is 4.28. The van der Waals surface area contributed by atoms with Crippen molar-refractivity contribution in [2.24, 2.45) is 5.92 Å². The number of nitrogens with zero attached hydrogens (tertiary/aromatic N) is 1. The Bertz CT molecular complexity index is 422. The second-order valence-corrected chi connectivity index (χ2v) is 5.70. The maximum absolute atomic E-state index is 12.7. The molecule has 1 aromatic carbocycles. The third-order valence-electron chi connectivity index (χ3n) is 4.28. The molecule has 0 aromatic heterocycles. The van der Waals surface area contributed by atoms with E-state index in [1.165, 1.54) is 18.9 Å². The largest absolute Gasteiger partial charge is 0.312 e. The summed E-state index contributed by atoms with van der Waals surface area (Å²) in [6, 6.07) is 7.42. The highest BCUT2D eigenvalue weighted by Crippen LogP contribution is 2.27. The molecule has 4 heteroatoms. The number of hydrogen-bond donors (Lipinski definition) is 1. The van der Waals surface area contributed by atoms with E-state index in [0.29, 0.717) is 6.04 Å². The molecule has 1 aromatic rings. The topological polar surface area (TPSA) is 15.3 Å². The van der Waals surface area contributed by atoms with Gasteiger partial charge in [-0.1, -0.05) is 18.2 Å². The van der Waals surface area contributed by atoms with Crippen LogP contribution in [0.25, 0.3) is 0 Å². The molecular formula is C15H20F2N2.